The molecule has 5 nitrogen and oxygen atoms in total. The molecule has 0 aliphatic carbocycles. The molecule has 144 valence electrons. The number of benzene rings is 2. The van der Waals surface area contributed by atoms with Crippen molar-refractivity contribution in [1.29, 1.82) is 0 Å². The number of carbonyl (C=O) groups is 1. The summed E-state index contributed by atoms with van der Waals surface area (Å²) in [6.07, 6.45) is 0.479. The fourth-order valence-electron chi connectivity index (χ4n) is 4.48. The van der Waals surface area contributed by atoms with Gasteiger partial charge in [-0.1, -0.05) is 36.4 Å². The zero-order chi connectivity index (χ0) is 19.1. The smallest absolute Gasteiger partial charge is 0.227 e. The number of hydrogen-bond acceptors (Lipinski definition) is 4. The molecular weight excluding hydrogens is 350 g/mol. The highest BCUT2D eigenvalue weighted by Gasteiger charge is 2.31. The molecule has 0 spiro atoms. The number of amides is 1. The molecule has 1 atom stereocenters. The molecule has 0 saturated carbocycles. The molecule has 0 aromatic heterocycles. The molecule has 2 aromatic carbocycles. The molecule has 5 heteroatoms. The predicted molar refractivity (Wildman–Crippen MR) is 108 cm³/mol. The summed E-state index contributed by atoms with van der Waals surface area (Å²) in [5.74, 6) is 1.30. The highest BCUT2D eigenvalue weighted by molar-refractivity contribution is 6.02. The van der Waals surface area contributed by atoms with Gasteiger partial charge in [-0.15, -0.1) is 0 Å². The monoisotopic (exact) mass is 375 g/mol. The molecule has 3 aliphatic heterocycles. The summed E-state index contributed by atoms with van der Waals surface area (Å²) in [6, 6.07) is 14.8. The molecule has 28 heavy (non-hydrogen) atoms. The average Bonchev–Trinajstić information content (AvgIpc) is 3.15. The topological polar surface area (TPSA) is 45.1 Å². The van der Waals surface area contributed by atoms with E-state index in [0.717, 1.165) is 32.1 Å². The van der Waals surface area contributed by atoms with Crippen molar-refractivity contribution >= 4 is 11.7 Å². The third-order valence-electron chi connectivity index (χ3n) is 6.13. The minimum Gasteiger partial charge on any atom is -0.378 e. The first-order chi connectivity index (χ1) is 13.7. The van der Waals surface area contributed by atoms with Gasteiger partial charge in [-0.25, -0.2) is 0 Å². The zero-order valence-electron chi connectivity index (χ0n) is 16.2. The number of rotatable bonds is 2. The van der Waals surface area contributed by atoms with Crippen molar-refractivity contribution in [2.24, 2.45) is 4.99 Å². The molecule has 0 bridgehead atoms. The van der Waals surface area contributed by atoms with E-state index in [-0.39, 0.29) is 11.9 Å². The number of morpholine rings is 1. The molecular formula is C23H25N3O2. The maximum absolute atomic E-state index is 12.9. The molecule has 1 saturated heterocycles. The number of hydrogen-bond donors (Lipinski definition) is 0. The van der Waals surface area contributed by atoms with Crippen LogP contribution in [0, 0.1) is 0 Å². The van der Waals surface area contributed by atoms with Crippen molar-refractivity contribution in [2.45, 2.75) is 32.5 Å². The van der Waals surface area contributed by atoms with Crippen LogP contribution in [0.15, 0.2) is 47.5 Å². The van der Waals surface area contributed by atoms with Crippen LogP contribution in [0.25, 0.3) is 0 Å². The summed E-state index contributed by atoms with van der Waals surface area (Å²) in [5, 5.41) is 0. The minimum absolute atomic E-state index is 0.0717. The fourth-order valence-corrected chi connectivity index (χ4v) is 4.48. The largest absolute Gasteiger partial charge is 0.378 e. The third-order valence-corrected chi connectivity index (χ3v) is 6.13. The van der Waals surface area contributed by atoms with Crippen LogP contribution in [-0.2, 0) is 29.0 Å². The van der Waals surface area contributed by atoms with E-state index in [2.05, 4.69) is 36.1 Å². The second-order valence-electron chi connectivity index (χ2n) is 7.80. The van der Waals surface area contributed by atoms with Crippen LogP contribution in [0.5, 0.6) is 0 Å². The quantitative estimate of drug-likeness (QED) is 0.811. The summed E-state index contributed by atoms with van der Waals surface area (Å²) in [7, 11) is 0. The Morgan fingerprint density at radius 2 is 1.82 bits per heavy atom. The molecule has 0 radical (unpaired) electrons. The first kappa shape index (κ1) is 17.4. The van der Waals surface area contributed by atoms with Gasteiger partial charge in [0, 0.05) is 25.2 Å². The maximum Gasteiger partial charge on any atom is 0.227 e. The van der Waals surface area contributed by atoms with Crippen molar-refractivity contribution in [3.05, 3.63) is 70.3 Å². The van der Waals surface area contributed by atoms with E-state index >= 15 is 0 Å². The number of amidine groups is 1. The maximum atomic E-state index is 12.9. The van der Waals surface area contributed by atoms with Crippen LogP contribution < -0.4 is 0 Å². The van der Waals surface area contributed by atoms with Gasteiger partial charge in [-0.05, 0) is 35.2 Å². The normalized spacial score (nSPS) is 19.9. The first-order valence-corrected chi connectivity index (χ1v) is 10.1. The average molecular weight is 375 g/mol. The van der Waals surface area contributed by atoms with Gasteiger partial charge in [0.2, 0.25) is 5.91 Å². The van der Waals surface area contributed by atoms with Crippen LogP contribution in [0.2, 0.25) is 0 Å². The lowest BCUT2D eigenvalue weighted by Gasteiger charge is -2.35. The van der Waals surface area contributed by atoms with Crippen LogP contribution in [0.3, 0.4) is 0 Å². The van der Waals surface area contributed by atoms with Crippen LogP contribution in [0.1, 0.15) is 40.8 Å². The lowest BCUT2D eigenvalue weighted by atomic mass is 9.92. The summed E-state index contributed by atoms with van der Waals surface area (Å²) in [6.45, 7) is 6.80. The van der Waals surface area contributed by atoms with Gasteiger partial charge in [-0.2, -0.15) is 0 Å². The van der Waals surface area contributed by atoms with Crippen molar-refractivity contribution in [2.75, 3.05) is 26.3 Å². The van der Waals surface area contributed by atoms with Crippen molar-refractivity contribution < 1.29 is 9.53 Å². The van der Waals surface area contributed by atoms with Gasteiger partial charge in [0.1, 0.15) is 5.84 Å². The Kier molecular flexibility index (Phi) is 4.40. The van der Waals surface area contributed by atoms with E-state index in [1.807, 2.05) is 23.1 Å². The Hall–Kier alpha value is -2.66. The van der Waals surface area contributed by atoms with Crippen LogP contribution in [0.4, 0.5) is 0 Å². The standard InChI is InChI=1S/C23H25N3O2/c1-16(17-5-3-2-4-6-17)26-15-20-12-21-19(11-18(20)13-22(26)27)14-24-23(21)25-7-9-28-10-8-25/h2-6,11-12,16H,7-10,13-15H2,1H3/t16-/m1/s1. The minimum atomic E-state index is 0.0717. The number of aliphatic imine (C=N–C) groups is 1. The van der Waals surface area contributed by atoms with Crippen molar-refractivity contribution in [1.82, 2.24) is 9.80 Å². The number of ether oxygens (including phenoxy) is 1. The predicted octanol–water partition coefficient (Wildman–Crippen LogP) is 2.92. The molecule has 5 rings (SSSR count). The highest BCUT2D eigenvalue weighted by atomic mass is 16.5. The van der Waals surface area contributed by atoms with Gasteiger partial charge in [-0.3, -0.25) is 9.79 Å². The Labute approximate surface area is 165 Å². The second kappa shape index (κ2) is 7.06. The molecule has 2 aromatic rings. The Balaban J connectivity index is 1.44. The van der Waals surface area contributed by atoms with Crippen LogP contribution >= 0.6 is 0 Å². The summed E-state index contributed by atoms with van der Waals surface area (Å²) in [5.41, 5.74) is 6.08. The van der Waals surface area contributed by atoms with Gasteiger partial charge in [0.25, 0.3) is 0 Å². The second-order valence-corrected chi connectivity index (χ2v) is 7.80. The zero-order valence-corrected chi connectivity index (χ0v) is 16.2. The van der Waals surface area contributed by atoms with E-state index in [1.165, 1.54) is 27.8 Å². The Morgan fingerprint density at radius 3 is 2.61 bits per heavy atom. The van der Waals surface area contributed by atoms with E-state index in [9.17, 15) is 4.79 Å². The van der Waals surface area contributed by atoms with E-state index < -0.39 is 0 Å². The highest BCUT2D eigenvalue weighted by Crippen LogP contribution is 2.32. The number of carbonyl (C=O) groups excluding carboxylic acids is 1. The summed E-state index contributed by atoms with van der Waals surface area (Å²) < 4.78 is 5.49. The first-order valence-electron chi connectivity index (χ1n) is 10.1. The van der Waals surface area contributed by atoms with Gasteiger partial charge >= 0.3 is 0 Å². The fraction of sp³-hybridized carbons (Fsp3) is 0.391. The van der Waals surface area contributed by atoms with Gasteiger partial charge in [0.05, 0.1) is 32.2 Å². The molecule has 1 fully saturated rings. The van der Waals surface area contributed by atoms with E-state index in [1.54, 1.807) is 0 Å². The summed E-state index contributed by atoms with van der Waals surface area (Å²) in [4.78, 5) is 22.0. The van der Waals surface area contributed by atoms with E-state index in [4.69, 9.17) is 9.73 Å². The lowest BCUT2D eigenvalue weighted by molar-refractivity contribution is -0.134. The Bertz CT molecular complexity index is 932. The summed E-state index contributed by atoms with van der Waals surface area (Å²) >= 11 is 0. The Morgan fingerprint density at radius 1 is 1.04 bits per heavy atom. The molecule has 0 N–H and O–H groups in total. The van der Waals surface area contributed by atoms with Crippen molar-refractivity contribution in [3.63, 3.8) is 0 Å². The van der Waals surface area contributed by atoms with Crippen LogP contribution in [-0.4, -0.2) is 47.8 Å². The number of fused-ring (bicyclic) bond motifs is 2. The van der Waals surface area contributed by atoms with E-state index in [0.29, 0.717) is 19.5 Å². The molecule has 3 aliphatic rings. The molecule has 3 heterocycles. The van der Waals surface area contributed by atoms with Gasteiger partial charge in [0.15, 0.2) is 0 Å². The third kappa shape index (κ3) is 3.00. The van der Waals surface area contributed by atoms with Gasteiger partial charge < -0.3 is 14.5 Å². The molecule has 0 unspecified atom stereocenters. The lowest BCUT2D eigenvalue weighted by Crippen LogP contribution is -2.41. The molecule has 1 amide bonds. The SMILES string of the molecule is C[C@H](c1ccccc1)N1Cc2cc3c(cc2CC1=O)CN=C3N1CCOCC1. The van der Waals surface area contributed by atoms with Crippen molar-refractivity contribution in [3.8, 4) is 0 Å². The number of nitrogens with zero attached hydrogens (tertiary/aromatic N) is 3.